The van der Waals surface area contributed by atoms with E-state index in [1.807, 2.05) is 0 Å². The molecule has 3 aromatic rings. The molecule has 0 atom stereocenters. The van der Waals surface area contributed by atoms with Crippen LogP contribution in [0.4, 0.5) is 23.7 Å². The van der Waals surface area contributed by atoms with E-state index in [-0.39, 0.29) is 6.54 Å². The van der Waals surface area contributed by atoms with Gasteiger partial charge < -0.3 is 25.1 Å². The lowest BCUT2D eigenvalue weighted by Gasteiger charge is -2.11. The Morgan fingerprint density at radius 1 is 1.04 bits per heavy atom. The molecule has 3 N–H and O–H groups in total. The van der Waals surface area contributed by atoms with Crippen LogP contribution in [0, 0.1) is 0 Å². The van der Waals surface area contributed by atoms with Crippen molar-refractivity contribution in [2.24, 2.45) is 0 Å². The van der Waals surface area contributed by atoms with Crippen molar-refractivity contribution in [1.82, 2.24) is 10.3 Å². The van der Waals surface area contributed by atoms with Crippen LogP contribution >= 0.6 is 0 Å². The number of halogens is 3. The van der Waals surface area contributed by atoms with Crippen LogP contribution in [-0.4, -0.2) is 25.2 Å². The molecular weight excluding hydrogens is 375 g/mol. The van der Waals surface area contributed by atoms with Crippen LogP contribution in [0.1, 0.15) is 11.3 Å². The van der Waals surface area contributed by atoms with Crippen molar-refractivity contribution in [2.45, 2.75) is 12.7 Å². The average molecular weight is 393 g/mol. The summed E-state index contributed by atoms with van der Waals surface area (Å²) in [5.41, 5.74) is 0.676. The van der Waals surface area contributed by atoms with Gasteiger partial charge in [-0.15, -0.1) is 0 Å². The first-order valence-corrected chi connectivity index (χ1v) is 8.26. The summed E-state index contributed by atoms with van der Waals surface area (Å²) in [7, 11) is 3.05. The summed E-state index contributed by atoms with van der Waals surface area (Å²) < 4.78 is 48.7. The maximum absolute atomic E-state index is 12.8. The number of ether oxygens (including phenoxy) is 2. The van der Waals surface area contributed by atoms with Gasteiger partial charge in [0, 0.05) is 23.1 Å². The molecule has 0 bridgehead atoms. The molecule has 148 valence electrons. The van der Waals surface area contributed by atoms with Crippen LogP contribution in [0.25, 0.3) is 10.9 Å². The number of hydrogen-bond donors (Lipinski definition) is 3. The minimum absolute atomic E-state index is 0.233. The first kappa shape index (κ1) is 19.4. The number of fused-ring (bicyclic) bond motifs is 1. The van der Waals surface area contributed by atoms with Crippen LogP contribution in [0.5, 0.6) is 11.5 Å². The minimum Gasteiger partial charge on any atom is -0.493 e. The molecule has 0 aliphatic rings. The highest BCUT2D eigenvalue weighted by molar-refractivity contribution is 5.93. The van der Waals surface area contributed by atoms with E-state index in [9.17, 15) is 18.0 Å². The maximum atomic E-state index is 12.8. The molecule has 2 aromatic carbocycles. The molecule has 0 saturated carbocycles. The summed E-state index contributed by atoms with van der Waals surface area (Å²) in [5.74, 6) is 1.12. The molecule has 0 spiro atoms. The van der Waals surface area contributed by atoms with Crippen molar-refractivity contribution in [3.05, 3.63) is 53.7 Å². The standard InChI is InChI=1S/C19H18F3N3O3/c1-27-15-6-3-11(7-16(15)28-2)10-23-18(26)24-13-4-5-14-12(8-13)9-17(25-14)19(20,21)22/h3-9,25H,10H2,1-2H3,(H2,23,24,26). The van der Waals surface area contributed by atoms with Crippen molar-refractivity contribution in [3.63, 3.8) is 0 Å². The monoisotopic (exact) mass is 393 g/mol. The summed E-state index contributed by atoms with van der Waals surface area (Å²) in [6, 6.07) is 10.2. The quantitative estimate of drug-likeness (QED) is 0.596. The van der Waals surface area contributed by atoms with E-state index >= 15 is 0 Å². The number of H-pyrrole nitrogens is 1. The normalized spacial score (nSPS) is 11.3. The Kier molecular flexibility index (Phi) is 5.34. The van der Waals surface area contributed by atoms with Crippen LogP contribution in [0.2, 0.25) is 0 Å². The fourth-order valence-corrected chi connectivity index (χ4v) is 2.71. The number of alkyl halides is 3. The van der Waals surface area contributed by atoms with Crippen molar-refractivity contribution < 1.29 is 27.4 Å². The number of aromatic amines is 1. The van der Waals surface area contributed by atoms with E-state index in [1.165, 1.54) is 32.4 Å². The van der Waals surface area contributed by atoms with Crippen LogP contribution < -0.4 is 20.1 Å². The summed E-state index contributed by atoms with van der Waals surface area (Å²) in [4.78, 5) is 14.4. The minimum atomic E-state index is -4.45. The van der Waals surface area contributed by atoms with Crippen LogP contribution in [0.3, 0.4) is 0 Å². The molecule has 0 radical (unpaired) electrons. The number of methoxy groups -OCH3 is 2. The zero-order chi connectivity index (χ0) is 20.3. The number of amides is 2. The van der Waals surface area contributed by atoms with E-state index in [0.29, 0.717) is 28.1 Å². The zero-order valence-electron chi connectivity index (χ0n) is 15.1. The molecule has 0 aliphatic carbocycles. The fourth-order valence-electron chi connectivity index (χ4n) is 2.71. The molecule has 1 heterocycles. The summed E-state index contributed by atoms with van der Waals surface area (Å²) in [5, 5.41) is 5.63. The lowest BCUT2D eigenvalue weighted by molar-refractivity contribution is -0.140. The Hall–Kier alpha value is -3.36. The van der Waals surface area contributed by atoms with E-state index in [0.717, 1.165) is 11.6 Å². The fraction of sp³-hybridized carbons (Fsp3) is 0.211. The van der Waals surface area contributed by atoms with Crippen molar-refractivity contribution in [3.8, 4) is 11.5 Å². The van der Waals surface area contributed by atoms with Crippen LogP contribution in [0.15, 0.2) is 42.5 Å². The smallest absolute Gasteiger partial charge is 0.431 e. The molecule has 0 aliphatic heterocycles. The van der Waals surface area contributed by atoms with E-state index in [4.69, 9.17) is 9.47 Å². The Morgan fingerprint density at radius 3 is 2.46 bits per heavy atom. The second-order valence-corrected chi connectivity index (χ2v) is 5.98. The molecule has 28 heavy (non-hydrogen) atoms. The Bertz CT molecular complexity index is 999. The largest absolute Gasteiger partial charge is 0.493 e. The highest BCUT2D eigenvalue weighted by Crippen LogP contribution is 2.32. The zero-order valence-corrected chi connectivity index (χ0v) is 15.1. The number of carbonyl (C=O) groups is 1. The van der Waals surface area contributed by atoms with E-state index in [1.54, 1.807) is 18.2 Å². The predicted octanol–water partition coefficient (Wildman–Crippen LogP) is 4.53. The third-order valence-corrected chi connectivity index (χ3v) is 4.09. The highest BCUT2D eigenvalue weighted by Gasteiger charge is 2.32. The first-order chi connectivity index (χ1) is 13.3. The summed E-state index contributed by atoms with van der Waals surface area (Å²) in [6.07, 6.45) is -4.45. The SMILES string of the molecule is COc1ccc(CNC(=O)Nc2ccc3[nH]c(C(F)(F)F)cc3c2)cc1OC. The van der Waals surface area contributed by atoms with Crippen molar-refractivity contribution in [2.75, 3.05) is 19.5 Å². The molecule has 6 nitrogen and oxygen atoms in total. The van der Waals surface area contributed by atoms with Gasteiger partial charge >= 0.3 is 12.2 Å². The average Bonchev–Trinajstić information content (AvgIpc) is 3.10. The van der Waals surface area contributed by atoms with Gasteiger partial charge in [0.2, 0.25) is 0 Å². The second kappa shape index (κ2) is 7.71. The number of nitrogens with one attached hydrogen (secondary N) is 3. The molecule has 3 rings (SSSR count). The van der Waals surface area contributed by atoms with Crippen LogP contribution in [-0.2, 0) is 12.7 Å². The molecule has 9 heteroatoms. The van der Waals surface area contributed by atoms with Gasteiger partial charge in [0.15, 0.2) is 11.5 Å². The lowest BCUT2D eigenvalue weighted by Crippen LogP contribution is -2.28. The third kappa shape index (κ3) is 4.30. The van der Waals surface area contributed by atoms with Gasteiger partial charge in [-0.25, -0.2) is 4.79 Å². The molecule has 0 unspecified atom stereocenters. The van der Waals surface area contributed by atoms with Crippen molar-refractivity contribution in [1.29, 1.82) is 0 Å². The number of urea groups is 1. The molecule has 1 aromatic heterocycles. The van der Waals surface area contributed by atoms with Gasteiger partial charge in [0.05, 0.1) is 14.2 Å². The number of anilines is 1. The second-order valence-electron chi connectivity index (χ2n) is 5.98. The van der Waals surface area contributed by atoms with Gasteiger partial charge in [-0.05, 0) is 42.0 Å². The Labute approximate surface area is 158 Å². The number of aromatic nitrogens is 1. The number of benzene rings is 2. The number of carbonyl (C=O) groups excluding carboxylic acids is 1. The lowest BCUT2D eigenvalue weighted by atomic mass is 10.2. The van der Waals surface area contributed by atoms with Gasteiger partial charge in [0.1, 0.15) is 5.69 Å². The first-order valence-electron chi connectivity index (χ1n) is 8.26. The van der Waals surface area contributed by atoms with Crippen molar-refractivity contribution >= 4 is 22.6 Å². The Morgan fingerprint density at radius 2 is 1.79 bits per heavy atom. The number of hydrogen-bond acceptors (Lipinski definition) is 3. The molecular formula is C19H18F3N3O3. The Balaban J connectivity index is 1.64. The maximum Gasteiger partial charge on any atom is 0.431 e. The predicted molar refractivity (Wildman–Crippen MR) is 98.7 cm³/mol. The van der Waals surface area contributed by atoms with Gasteiger partial charge in [0.25, 0.3) is 0 Å². The summed E-state index contributed by atoms with van der Waals surface area (Å²) in [6.45, 7) is 0.233. The topological polar surface area (TPSA) is 75.4 Å². The highest BCUT2D eigenvalue weighted by atomic mass is 19.4. The summed E-state index contributed by atoms with van der Waals surface area (Å²) >= 11 is 0. The van der Waals surface area contributed by atoms with E-state index < -0.39 is 17.9 Å². The van der Waals surface area contributed by atoms with Gasteiger partial charge in [-0.1, -0.05) is 6.07 Å². The molecule has 0 saturated heterocycles. The van der Waals surface area contributed by atoms with E-state index in [2.05, 4.69) is 15.6 Å². The van der Waals surface area contributed by atoms with Gasteiger partial charge in [-0.2, -0.15) is 13.2 Å². The van der Waals surface area contributed by atoms with Gasteiger partial charge in [-0.3, -0.25) is 0 Å². The number of rotatable bonds is 5. The third-order valence-electron chi connectivity index (χ3n) is 4.09. The molecule has 2 amide bonds. The molecule has 0 fully saturated rings.